The van der Waals surface area contributed by atoms with E-state index in [1.807, 2.05) is 36.4 Å². The summed E-state index contributed by atoms with van der Waals surface area (Å²) in [5.41, 5.74) is 9.70. The predicted molar refractivity (Wildman–Crippen MR) is 179 cm³/mol. The smallest absolute Gasteiger partial charge is 0.162 e. The lowest BCUT2D eigenvalue weighted by Gasteiger charge is -2.29. The molecule has 7 aromatic rings. The number of para-hydroxylation sites is 2. The largest absolute Gasteiger partial charge is 0.456 e. The predicted octanol–water partition coefficient (Wildman–Crippen LogP) is 9.97. The third-order valence-corrected chi connectivity index (χ3v) is 8.82. The van der Waals surface area contributed by atoms with Crippen molar-refractivity contribution in [2.24, 2.45) is 0 Å². The quantitative estimate of drug-likeness (QED) is 0.213. The highest BCUT2D eigenvalue weighted by atomic mass is 16.3. The van der Waals surface area contributed by atoms with Crippen LogP contribution >= 0.6 is 0 Å². The molecule has 0 N–H and O–H groups in total. The van der Waals surface area contributed by atoms with Crippen molar-refractivity contribution in [2.75, 3.05) is 4.90 Å². The summed E-state index contributed by atoms with van der Waals surface area (Å²) in [6.07, 6.45) is 7.02. The van der Waals surface area contributed by atoms with Crippen molar-refractivity contribution in [1.82, 2.24) is 9.97 Å². The average molecular weight is 566 g/mol. The molecule has 2 unspecified atom stereocenters. The fourth-order valence-corrected chi connectivity index (χ4v) is 6.74. The van der Waals surface area contributed by atoms with Crippen LogP contribution < -0.4 is 4.90 Å². The second-order valence-electron chi connectivity index (χ2n) is 11.4. The number of fused-ring (bicyclic) bond motifs is 6. The molecule has 5 aromatic carbocycles. The molecule has 2 aliphatic rings. The number of aromatic nitrogens is 2. The third-order valence-electron chi connectivity index (χ3n) is 8.82. The highest BCUT2D eigenvalue weighted by Gasteiger charge is 2.39. The van der Waals surface area contributed by atoms with Crippen molar-refractivity contribution in [3.8, 4) is 22.6 Å². The Balaban J connectivity index is 1.16. The van der Waals surface area contributed by atoms with Crippen LogP contribution in [0.25, 0.3) is 50.2 Å². The molecule has 208 valence electrons. The van der Waals surface area contributed by atoms with Crippen LogP contribution in [-0.4, -0.2) is 16.0 Å². The first kappa shape index (κ1) is 24.8. The number of anilines is 2. The lowest BCUT2D eigenvalue weighted by atomic mass is 9.86. The van der Waals surface area contributed by atoms with Gasteiger partial charge in [0.15, 0.2) is 5.82 Å². The van der Waals surface area contributed by atoms with Gasteiger partial charge in [0.05, 0.1) is 11.7 Å². The molecule has 3 heterocycles. The number of furan rings is 1. The molecule has 0 spiro atoms. The molecule has 1 aliphatic heterocycles. The lowest BCUT2D eigenvalue weighted by Crippen LogP contribution is -2.30. The molecule has 0 saturated heterocycles. The minimum atomic E-state index is 0.0942. The summed E-state index contributed by atoms with van der Waals surface area (Å²) in [6.45, 7) is 0. The van der Waals surface area contributed by atoms with Crippen LogP contribution in [0.3, 0.4) is 0 Å². The second-order valence-corrected chi connectivity index (χ2v) is 11.4. The summed E-state index contributed by atoms with van der Waals surface area (Å²) >= 11 is 0. The van der Waals surface area contributed by atoms with Gasteiger partial charge in [-0.3, -0.25) is 0 Å². The summed E-state index contributed by atoms with van der Waals surface area (Å²) < 4.78 is 6.10. The number of rotatable bonds is 4. The molecule has 0 fully saturated rings. The molecule has 0 bridgehead atoms. The molecule has 2 atom stereocenters. The summed E-state index contributed by atoms with van der Waals surface area (Å²) in [7, 11) is 0. The maximum absolute atomic E-state index is 6.10. The highest BCUT2D eigenvalue weighted by molar-refractivity contribution is 6.06. The topological polar surface area (TPSA) is 42.2 Å². The lowest BCUT2D eigenvalue weighted by molar-refractivity contribution is 0.669. The van der Waals surface area contributed by atoms with Gasteiger partial charge in [-0.25, -0.2) is 9.97 Å². The summed E-state index contributed by atoms with van der Waals surface area (Å²) in [4.78, 5) is 12.6. The molecule has 4 heteroatoms. The summed E-state index contributed by atoms with van der Waals surface area (Å²) in [6, 6.07) is 46.3. The first-order valence-corrected chi connectivity index (χ1v) is 15.0. The average Bonchev–Trinajstić information content (AvgIpc) is 3.64. The molecular formula is C40H27N3O. The van der Waals surface area contributed by atoms with Gasteiger partial charge >= 0.3 is 0 Å². The first-order valence-electron chi connectivity index (χ1n) is 15.0. The van der Waals surface area contributed by atoms with Crippen molar-refractivity contribution in [2.45, 2.75) is 12.0 Å². The molecule has 0 amide bonds. The van der Waals surface area contributed by atoms with Gasteiger partial charge < -0.3 is 9.32 Å². The van der Waals surface area contributed by atoms with Crippen molar-refractivity contribution in [3.05, 3.63) is 163 Å². The van der Waals surface area contributed by atoms with Crippen LogP contribution in [-0.2, 0) is 0 Å². The zero-order chi connectivity index (χ0) is 29.0. The summed E-state index contributed by atoms with van der Waals surface area (Å²) in [5.74, 6) is 1.79. The molecule has 9 rings (SSSR count). The fourth-order valence-electron chi connectivity index (χ4n) is 6.74. The fraction of sp³-hybridized carbons (Fsp3) is 0.0500. The highest BCUT2D eigenvalue weighted by Crippen LogP contribution is 2.49. The number of hydrogen-bond donors (Lipinski definition) is 0. The Morgan fingerprint density at radius 2 is 1.32 bits per heavy atom. The molecular weight excluding hydrogens is 538 g/mol. The minimum absolute atomic E-state index is 0.0942. The van der Waals surface area contributed by atoms with Gasteiger partial charge in [0.2, 0.25) is 0 Å². The summed E-state index contributed by atoms with van der Waals surface area (Å²) in [5, 5.41) is 2.29. The van der Waals surface area contributed by atoms with Crippen molar-refractivity contribution in [3.63, 3.8) is 0 Å². The van der Waals surface area contributed by atoms with E-state index in [0.717, 1.165) is 50.4 Å². The number of hydrogen-bond acceptors (Lipinski definition) is 4. The van der Waals surface area contributed by atoms with E-state index in [4.69, 9.17) is 14.4 Å². The van der Waals surface area contributed by atoms with Crippen LogP contribution in [0.1, 0.15) is 17.0 Å². The molecule has 4 nitrogen and oxygen atoms in total. The van der Waals surface area contributed by atoms with Gasteiger partial charge in [-0.15, -0.1) is 0 Å². The normalized spacial score (nSPS) is 17.1. The molecule has 0 radical (unpaired) electrons. The number of benzene rings is 5. The van der Waals surface area contributed by atoms with Gasteiger partial charge in [-0.2, -0.15) is 0 Å². The Kier molecular flexibility index (Phi) is 5.60. The van der Waals surface area contributed by atoms with E-state index >= 15 is 0 Å². The van der Waals surface area contributed by atoms with Crippen LogP contribution in [0.4, 0.5) is 11.5 Å². The van der Waals surface area contributed by atoms with Gasteiger partial charge in [-0.1, -0.05) is 121 Å². The van der Waals surface area contributed by atoms with Gasteiger partial charge in [0.1, 0.15) is 17.0 Å². The Morgan fingerprint density at radius 1 is 0.591 bits per heavy atom. The third kappa shape index (κ3) is 3.99. The number of nitrogens with zero attached hydrogens (tertiary/aromatic N) is 3. The van der Waals surface area contributed by atoms with Crippen molar-refractivity contribution >= 4 is 39.0 Å². The zero-order valence-electron chi connectivity index (χ0n) is 23.8. The van der Waals surface area contributed by atoms with Crippen LogP contribution in [0.5, 0.6) is 0 Å². The second kappa shape index (κ2) is 9.92. The van der Waals surface area contributed by atoms with E-state index in [0.29, 0.717) is 0 Å². The molecule has 44 heavy (non-hydrogen) atoms. The van der Waals surface area contributed by atoms with Crippen LogP contribution in [0, 0.1) is 0 Å². The van der Waals surface area contributed by atoms with E-state index < -0.39 is 0 Å². The monoisotopic (exact) mass is 565 g/mol. The maximum atomic E-state index is 6.10. The Morgan fingerprint density at radius 3 is 2.18 bits per heavy atom. The number of allylic oxidation sites excluding steroid dienone is 2. The Hall–Kier alpha value is -5.74. The molecule has 1 aliphatic carbocycles. The van der Waals surface area contributed by atoms with E-state index in [1.54, 1.807) is 0 Å². The van der Waals surface area contributed by atoms with E-state index in [1.165, 1.54) is 22.4 Å². The van der Waals surface area contributed by atoms with Crippen LogP contribution in [0.15, 0.2) is 156 Å². The standard InChI is InChI=1S/C40H27N3O/c1-3-11-26(12-4-1)34-25-39(42-40(41-34)27-13-5-2-6-14-27)43-35-17-9-7-15-30(35)32-23-28(19-21-36(32)43)29-20-22-38-33(24-29)31-16-8-10-18-37(31)44-38/h1-25,32,36H. The van der Waals surface area contributed by atoms with Crippen molar-refractivity contribution in [1.29, 1.82) is 0 Å². The van der Waals surface area contributed by atoms with Gasteiger partial charge in [0, 0.05) is 39.6 Å². The van der Waals surface area contributed by atoms with E-state index in [-0.39, 0.29) is 12.0 Å². The zero-order valence-corrected chi connectivity index (χ0v) is 23.8. The van der Waals surface area contributed by atoms with Crippen molar-refractivity contribution < 1.29 is 4.42 Å². The van der Waals surface area contributed by atoms with Crippen LogP contribution in [0.2, 0.25) is 0 Å². The SMILES string of the molecule is C1=CC2C(C=C1c1ccc3oc4ccccc4c3c1)c1ccccc1N2c1cc(-c2ccccc2)nc(-c2ccccc2)n1. The first-order chi connectivity index (χ1) is 21.8. The van der Waals surface area contributed by atoms with E-state index in [9.17, 15) is 0 Å². The Labute approximate surface area is 255 Å². The minimum Gasteiger partial charge on any atom is -0.456 e. The maximum Gasteiger partial charge on any atom is 0.162 e. The molecule has 2 aromatic heterocycles. The van der Waals surface area contributed by atoms with Gasteiger partial charge in [-0.05, 0) is 41.0 Å². The molecule has 0 saturated carbocycles. The van der Waals surface area contributed by atoms with E-state index in [2.05, 4.69) is 120 Å². The van der Waals surface area contributed by atoms with Gasteiger partial charge in [0.25, 0.3) is 0 Å². The Bertz CT molecular complexity index is 2190.